The second-order valence-corrected chi connectivity index (χ2v) is 5.77. The van der Waals surface area contributed by atoms with Gasteiger partial charge in [0.25, 0.3) is 0 Å². The fourth-order valence-electron chi connectivity index (χ4n) is 1.95. The zero-order valence-electron chi connectivity index (χ0n) is 13.2. The lowest BCUT2D eigenvalue weighted by Gasteiger charge is -2.10. The molecule has 0 spiro atoms. The summed E-state index contributed by atoms with van der Waals surface area (Å²) in [4.78, 5) is 5.94. The first-order valence-electron chi connectivity index (χ1n) is 6.93. The van der Waals surface area contributed by atoms with Crippen LogP contribution in [0.5, 0.6) is 0 Å². The Bertz CT molecular complexity index is 763. The second kappa shape index (κ2) is 8.84. The molecule has 0 saturated carbocycles. The van der Waals surface area contributed by atoms with Gasteiger partial charge in [0, 0.05) is 11.6 Å². The van der Waals surface area contributed by atoms with Crippen molar-refractivity contribution in [2.24, 2.45) is 0 Å². The number of pyridine rings is 1. The highest BCUT2D eigenvalue weighted by molar-refractivity contribution is 6.30. The molecule has 0 unspecified atom stereocenters. The van der Waals surface area contributed by atoms with Gasteiger partial charge in [0.05, 0.1) is 5.56 Å². The second-order valence-electron chi connectivity index (χ2n) is 5.34. The third kappa shape index (κ3) is 5.64. The number of aromatic nitrogens is 1. The van der Waals surface area contributed by atoms with Crippen molar-refractivity contribution in [3.8, 4) is 11.8 Å². The number of nitrogens with zero attached hydrogens (tertiary/aromatic N) is 2. The molecule has 1 aromatic carbocycles. The van der Waals surface area contributed by atoms with Gasteiger partial charge in [0.2, 0.25) is 0 Å². The summed E-state index contributed by atoms with van der Waals surface area (Å²) in [5.74, 6) is 3.59. The fourth-order valence-corrected chi connectivity index (χ4v) is 2.16. The normalized spacial score (nSPS) is 10.1. The molecule has 0 aliphatic heterocycles. The Morgan fingerprint density at radius 3 is 2.50 bits per heavy atom. The summed E-state index contributed by atoms with van der Waals surface area (Å²) in [6.45, 7) is 0.727. The van der Waals surface area contributed by atoms with Crippen molar-refractivity contribution < 1.29 is 8.78 Å². The van der Waals surface area contributed by atoms with Crippen LogP contribution in [0.25, 0.3) is 0 Å². The predicted octanol–water partition coefficient (Wildman–Crippen LogP) is 3.52. The van der Waals surface area contributed by atoms with Gasteiger partial charge >= 0.3 is 0 Å². The number of hydrogen-bond acceptors (Lipinski definition) is 3. The maximum absolute atomic E-state index is 13.9. The van der Waals surface area contributed by atoms with E-state index >= 15 is 0 Å². The Labute approximate surface area is 151 Å². The molecule has 0 saturated heterocycles. The van der Waals surface area contributed by atoms with E-state index in [4.69, 9.17) is 17.3 Å². The van der Waals surface area contributed by atoms with Crippen molar-refractivity contribution in [3.63, 3.8) is 0 Å². The molecule has 0 atom stereocenters. The maximum Gasteiger partial charge on any atom is 0.174 e. The van der Waals surface area contributed by atoms with E-state index in [1.54, 1.807) is 6.07 Å². The lowest BCUT2D eigenvalue weighted by atomic mass is 10.1. The summed E-state index contributed by atoms with van der Waals surface area (Å²) in [5.41, 5.74) is 6.54. The predicted molar refractivity (Wildman–Crippen MR) is 95.5 cm³/mol. The van der Waals surface area contributed by atoms with Crippen LogP contribution in [-0.2, 0) is 6.42 Å². The lowest BCUT2D eigenvalue weighted by molar-refractivity contribution is 0.412. The largest absolute Gasteiger partial charge is 0.384 e. The third-order valence-electron chi connectivity index (χ3n) is 3.07. The van der Waals surface area contributed by atoms with Gasteiger partial charge in [-0.3, -0.25) is 0 Å². The molecule has 0 bridgehead atoms. The molecule has 0 fully saturated rings. The van der Waals surface area contributed by atoms with Crippen LogP contribution in [0.15, 0.2) is 24.3 Å². The van der Waals surface area contributed by atoms with Crippen LogP contribution in [0.3, 0.4) is 0 Å². The minimum absolute atomic E-state index is 0. The van der Waals surface area contributed by atoms with E-state index in [2.05, 4.69) is 16.8 Å². The Balaban J connectivity index is 0.00000288. The topological polar surface area (TPSA) is 42.1 Å². The smallest absolute Gasteiger partial charge is 0.174 e. The average Bonchev–Trinajstić information content (AvgIpc) is 2.46. The number of benzene rings is 1. The van der Waals surface area contributed by atoms with E-state index < -0.39 is 11.6 Å². The number of anilines is 1. The Kier molecular flexibility index (Phi) is 7.43. The molecule has 128 valence electrons. The summed E-state index contributed by atoms with van der Waals surface area (Å²) in [7, 11) is 3.83. The van der Waals surface area contributed by atoms with Gasteiger partial charge in [0.1, 0.15) is 11.5 Å². The first-order chi connectivity index (χ1) is 10.8. The Hall–Kier alpha value is -1.87. The minimum atomic E-state index is -0.971. The van der Waals surface area contributed by atoms with Gasteiger partial charge < -0.3 is 10.6 Å². The van der Waals surface area contributed by atoms with Crippen LogP contribution in [0.1, 0.15) is 16.8 Å². The quantitative estimate of drug-likeness (QED) is 0.839. The van der Waals surface area contributed by atoms with E-state index in [9.17, 15) is 8.78 Å². The fraction of sp³-hybridized carbons (Fsp3) is 0.235. The number of likely N-dealkylation sites (N-methyl/N-ethyl adjacent to an activating group) is 1. The van der Waals surface area contributed by atoms with Crippen molar-refractivity contribution in [3.05, 3.63) is 57.7 Å². The maximum atomic E-state index is 13.9. The minimum Gasteiger partial charge on any atom is -0.384 e. The van der Waals surface area contributed by atoms with Gasteiger partial charge in [-0.15, -0.1) is 12.4 Å². The van der Waals surface area contributed by atoms with E-state index in [1.165, 1.54) is 18.2 Å². The van der Waals surface area contributed by atoms with E-state index in [0.29, 0.717) is 22.7 Å². The summed E-state index contributed by atoms with van der Waals surface area (Å²) in [6.07, 6.45) is 0.598. The van der Waals surface area contributed by atoms with Crippen LogP contribution < -0.4 is 5.73 Å². The third-order valence-corrected chi connectivity index (χ3v) is 3.29. The summed E-state index contributed by atoms with van der Waals surface area (Å²) in [5, 5.41) is 0.383. The van der Waals surface area contributed by atoms with Gasteiger partial charge in [-0.2, -0.15) is 0 Å². The molecule has 2 rings (SSSR count). The number of hydrogen-bond donors (Lipinski definition) is 1. The zero-order chi connectivity index (χ0) is 17.0. The van der Waals surface area contributed by atoms with Crippen molar-refractivity contribution in [1.82, 2.24) is 9.88 Å². The molecule has 0 amide bonds. The van der Waals surface area contributed by atoms with Crippen LogP contribution in [0.4, 0.5) is 14.6 Å². The number of rotatable bonds is 3. The molecule has 2 N–H and O–H groups in total. The molecule has 0 aliphatic rings. The Morgan fingerprint density at radius 1 is 1.17 bits per heavy atom. The molecule has 7 heteroatoms. The Morgan fingerprint density at radius 2 is 1.88 bits per heavy atom. The molecule has 2 aromatic rings. The van der Waals surface area contributed by atoms with Gasteiger partial charge in [-0.1, -0.05) is 17.5 Å². The van der Waals surface area contributed by atoms with Crippen molar-refractivity contribution in [2.45, 2.75) is 6.42 Å². The van der Waals surface area contributed by atoms with E-state index in [-0.39, 0.29) is 23.8 Å². The highest BCUT2D eigenvalue weighted by Gasteiger charge is 2.09. The van der Waals surface area contributed by atoms with Crippen LogP contribution >= 0.6 is 24.0 Å². The molecule has 0 aliphatic carbocycles. The highest BCUT2D eigenvalue weighted by Crippen LogP contribution is 2.16. The van der Waals surface area contributed by atoms with Crippen molar-refractivity contribution in [1.29, 1.82) is 0 Å². The lowest BCUT2D eigenvalue weighted by Crippen LogP contribution is -2.15. The monoisotopic (exact) mass is 371 g/mol. The highest BCUT2D eigenvalue weighted by atomic mass is 35.5. The molecular formula is C17H17Cl2F2N3. The molecule has 0 radical (unpaired) electrons. The molecule has 24 heavy (non-hydrogen) atoms. The summed E-state index contributed by atoms with van der Waals surface area (Å²) >= 11 is 5.86. The molecule has 3 nitrogen and oxygen atoms in total. The zero-order valence-corrected chi connectivity index (χ0v) is 14.8. The van der Waals surface area contributed by atoms with Crippen molar-refractivity contribution >= 4 is 29.8 Å². The number of nitrogen functional groups attached to an aromatic ring is 1. The van der Waals surface area contributed by atoms with E-state index in [1.807, 2.05) is 19.0 Å². The van der Waals surface area contributed by atoms with Crippen LogP contribution in [-0.4, -0.2) is 30.5 Å². The number of halogens is 4. The summed E-state index contributed by atoms with van der Waals surface area (Å²) in [6, 6.07) is 5.73. The van der Waals surface area contributed by atoms with Crippen LogP contribution in [0.2, 0.25) is 5.02 Å². The molecule has 1 heterocycles. The summed E-state index contributed by atoms with van der Waals surface area (Å²) < 4.78 is 27.6. The molecular weight excluding hydrogens is 355 g/mol. The van der Waals surface area contributed by atoms with Crippen molar-refractivity contribution in [2.75, 3.05) is 26.4 Å². The standard InChI is InChI=1S/C17H16ClF2N3.ClH/c1-23(2)6-5-11-7-12(17(20)15(19)8-11)3-4-14-9-13(18)10-16(21)22-14;/h7-10H,5-6H2,1-2H3,(H2,21,22);1H. The number of nitrogens with two attached hydrogens (primary N) is 1. The average molecular weight is 372 g/mol. The molecule has 1 aromatic heterocycles. The van der Waals surface area contributed by atoms with Gasteiger partial charge in [-0.05, 0) is 56.3 Å². The first-order valence-corrected chi connectivity index (χ1v) is 7.30. The first kappa shape index (κ1) is 20.2. The van der Waals surface area contributed by atoms with E-state index in [0.717, 1.165) is 6.54 Å². The van der Waals surface area contributed by atoms with Gasteiger partial charge in [0.15, 0.2) is 11.6 Å². The van der Waals surface area contributed by atoms with Gasteiger partial charge in [-0.25, -0.2) is 13.8 Å². The van der Waals surface area contributed by atoms with Crippen LogP contribution in [0, 0.1) is 23.5 Å². The SMILES string of the molecule is CN(C)CCc1cc(F)c(F)c(C#Cc2cc(Cl)cc(N)n2)c1.Cl.